The maximum absolute atomic E-state index is 12.6. The van der Waals surface area contributed by atoms with E-state index in [4.69, 9.17) is 4.74 Å². The van der Waals surface area contributed by atoms with E-state index in [0.29, 0.717) is 15.4 Å². The second kappa shape index (κ2) is 8.07. The predicted molar refractivity (Wildman–Crippen MR) is 99.0 cm³/mol. The number of thiophene rings is 1. The second-order valence-electron chi connectivity index (χ2n) is 5.91. The van der Waals surface area contributed by atoms with Crippen LogP contribution in [0.5, 0.6) is 0 Å². The lowest BCUT2D eigenvalue weighted by Crippen LogP contribution is -2.31. The first-order valence-corrected chi connectivity index (χ1v) is 9.92. The molecule has 3 heterocycles. The van der Waals surface area contributed by atoms with Crippen molar-refractivity contribution < 1.29 is 19.1 Å². The Kier molecular flexibility index (Phi) is 5.80. The van der Waals surface area contributed by atoms with Gasteiger partial charge in [0.25, 0.3) is 5.91 Å². The molecule has 0 spiro atoms. The van der Waals surface area contributed by atoms with Gasteiger partial charge in [-0.05, 0) is 31.8 Å². The van der Waals surface area contributed by atoms with Crippen LogP contribution >= 0.6 is 22.7 Å². The maximum atomic E-state index is 12.6. The van der Waals surface area contributed by atoms with Gasteiger partial charge >= 0.3 is 6.09 Å². The van der Waals surface area contributed by atoms with E-state index in [9.17, 15) is 14.4 Å². The number of ketones is 1. The lowest BCUT2D eigenvalue weighted by Gasteiger charge is -2.20. The SMILES string of the molecule is CCOC(=O)NC(=O)c1ccsc1CC(=O)c1nc2c(s1)CCN(C)C2. The molecule has 2 amide bonds. The van der Waals surface area contributed by atoms with Gasteiger partial charge in [-0.15, -0.1) is 22.7 Å². The molecule has 0 unspecified atom stereocenters. The molecule has 26 heavy (non-hydrogen) atoms. The number of fused-ring (bicyclic) bond motifs is 1. The van der Waals surface area contributed by atoms with Gasteiger partial charge in [0.05, 0.1) is 17.9 Å². The summed E-state index contributed by atoms with van der Waals surface area (Å²) in [5.41, 5.74) is 1.29. The van der Waals surface area contributed by atoms with E-state index in [2.05, 4.69) is 15.2 Å². The van der Waals surface area contributed by atoms with Crippen LogP contribution in [0.2, 0.25) is 0 Å². The smallest absolute Gasteiger partial charge is 0.414 e. The van der Waals surface area contributed by atoms with E-state index in [1.807, 2.05) is 7.05 Å². The topological polar surface area (TPSA) is 88.6 Å². The van der Waals surface area contributed by atoms with Gasteiger partial charge in [0, 0.05) is 29.3 Å². The number of Topliss-reactive ketones (excluding diaryl/α,β-unsaturated/α-hetero) is 1. The van der Waals surface area contributed by atoms with Crippen molar-refractivity contribution in [1.29, 1.82) is 0 Å². The summed E-state index contributed by atoms with van der Waals surface area (Å²) in [4.78, 5) is 44.7. The molecule has 9 heteroatoms. The third-order valence-corrected chi connectivity index (χ3v) is 6.08. The van der Waals surface area contributed by atoms with Gasteiger partial charge in [-0.25, -0.2) is 9.78 Å². The van der Waals surface area contributed by atoms with Gasteiger partial charge < -0.3 is 9.64 Å². The fraction of sp³-hybridized carbons (Fsp3) is 0.412. The Bertz CT molecular complexity index is 843. The zero-order valence-corrected chi connectivity index (χ0v) is 16.2. The third-order valence-electron chi connectivity index (χ3n) is 3.96. The number of nitrogens with one attached hydrogen (secondary N) is 1. The number of carbonyl (C=O) groups excluding carboxylic acids is 3. The van der Waals surface area contributed by atoms with E-state index >= 15 is 0 Å². The number of aromatic nitrogens is 1. The number of hydrogen-bond donors (Lipinski definition) is 1. The molecule has 0 atom stereocenters. The normalized spacial score (nSPS) is 13.9. The van der Waals surface area contributed by atoms with E-state index in [1.165, 1.54) is 22.7 Å². The molecule has 1 aliphatic heterocycles. The molecular formula is C17H19N3O4S2. The monoisotopic (exact) mass is 393 g/mol. The standard InChI is InChI=1S/C17H19N3O4S2/c1-3-24-17(23)19-15(22)10-5-7-25-14(10)8-12(21)16-18-11-9-20(2)6-4-13(11)26-16/h5,7H,3-4,6,8-9H2,1-2H3,(H,19,22,23). The van der Waals surface area contributed by atoms with Crippen molar-refractivity contribution in [2.45, 2.75) is 26.3 Å². The summed E-state index contributed by atoms with van der Waals surface area (Å²) < 4.78 is 4.71. The minimum atomic E-state index is -0.794. The van der Waals surface area contributed by atoms with Gasteiger partial charge in [-0.3, -0.25) is 14.9 Å². The molecule has 0 aromatic carbocycles. The fourth-order valence-corrected chi connectivity index (χ4v) is 4.54. The fourth-order valence-electron chi connectivity index (χ4n) is 2.68. The summed E-state index contributed by atoms with van der Waals surface area (Å²) in [6.45, 7) is 3.55. The first-order chi connectivity index (χ1) is 12.5. The lowest BCUT2D eigenvalue weighted by molar-refractivity contribution is 0.0925. The lowest BCUT2D eigenvalue weighted by atomic mass is 10.1. The van der Waals surface area contributed by atoms with Gasteiger partial charge in [-0.1, -0.05) is 0 Å². The van der Waals surface area contributed by atoms with Crippen LogP contribution < -0.4 is 5.32 Å². The van der Waals surface area contributed by atoms with Crippen molar-refractivity contribution in [3.05, 3.63) is 37.5 Å². The molecule has 1 N–H and O–H groups in total. The molecule has 0 saturated carbocycles. The van der Waals surface area contributed by atoms with Crippen molar-refractivity contribution in [3.63, 3.8) is 0 Å². The third kappa shape index (κ3) is 4.17. The Morgan fingerprint density at radius 2 is 2.19 bits per heavy atom. The molecule has 0 fully saturated rings. The number of rotatable bonds is 5. The van der Waals surface area contributed by atoms with E-state index in [0.717, 1.165) is 30.1 Å². The van der Waals surface area contributed by atoms with Crippen molar-refractivity contribution >= 4 is 40.5 Å². The molecule has 0 bridgehead atoms. The average molecular weight is 393 g/mol. The second-order valence-corrected chi connectivity index (χ2v) is 7.99. The highest BCUT2D eigenvalue weighted by atomic mass is 32.1. The zero-order chi connectivity index (χ0) is 18.7. The van der Waals surface area contributed by atoms with Gasteiger partial charge in [-0.2, -0.15) is 0 Å². The number of imide groups is 1. The van der Waals surface area contributed by atoms with Crippen LogP contribution in [0.1, 0.15) is 42.5 Å². The quantitative estimate of drug-likeness (QED) is 0.785. The molecule has 0 radical (unpaired) electrons. The van der Waals surface area contributed by atoms with Gasteiger partial charge in [0.15, 0.2) is 10.8 Å². The maximum Gasteiger partial charge on any atom is 0.414 e. The van der Waals surface area contributed by atoms with E-state index < -0.39 is 12.0 Å². The predicted octanol–water partition coefficient (Wildman–Crippen LogP) is 2.50. The number of alkyl carbamates (subject to hydrolysis) is 1. The number of amides is 2. The molecule has 2 aromatic heterocycles. The molecule has 3 rings (SSSR count). The minimum absolute atomic E-state index is 0.0888. The number of hydrogen-bond acceptors (Lipinski definition) is 8. The summed E-state index contributed by atoms with van der Waals surface area (Å²) in [5.74, 6) is -0.674. The largest absolute Gasteiger partial charge is 0.450 e. The van der Waals surface area contributed by atoms with Crippen LogP contribution in [-0.2, 0) is 24.1 Å². The Balaban J connectivity index is 1.70. The van der Waals surface area contributed by atoms with Crippen molar-refractivity contribution in [1.82, 2.24) is 15.2 Å². The van der Waals surface area contributed by atoms with Gasteiger partial charge in [0.2, 0.25) is 0 Å². The van der Waals surface area contributed by atoms with Crippen LogP contribution in [0.3, 0.4) is 0 Å². The summed E-state index contributed by atoms with van der Waals surface area (Å²) in [6.07, 6.45) is 0.201. The van der Waals surface area contributed by atoms with Crippen LogP contribution in [0.15, 0.2) is 11.4 Å². The summed E-state index contributed by atoms with van der Waals surface area (Å²) in [6, 6.07) is 1.60. The average Bonchev–Trinajstić information content (AvgIpc) is 3.21. The van der Waals surface area contributed by atoms with Crippen LogP contribution in [0, 0.1) is 0 Å². The molecular weight excluding hydrogens is 374 g/mol. The first-order valence-electron chi connectivity index (χ1n) is 8.22. The molecule has 0 saturated heterocycles. The van der Waals surface area contributed by atoms with Crippen molar-refractivity contribution in [3.8, 4) is 0 Å². The highest BCUT2D eigenvalue weighted by molar-refractivity contribution is 7.14. The Labute approximate surface area is 159 Å². The number of thiazole rings is 1. The molecule has 1 aliphatic rings. The number of carbonyl (C=O) groups is 3. The Hall–Kier alpha value is -2.10. The first kappa shape index (κ1) is 18.7. The van der Waals surface area contributed by atoms with Crippen LogP contribution in [-0.4, -0.2) is 47.9 Å². The van der Waals surface area contributed by atoms with Crippen molar-refractivity contribution in [2.75, 3.05) is 20.2 Å². The number of ether oxygens (including phenoxy) is 1. The number of nitrogens with zero attached hydrogens (tertiary/aromatic N) is 2. The van der Waals surface area contributed by atoms with E-state index in [-0.39, 0.29) is 18.8 Å². The summed E-state index contributed by atoms with van der Waals surface area (Å²) >= 11 is 2.75. The number of likely N-dealkylation sites (N-methyl/N-ethyl adjacent to an activating group) is 1. The highest BCUT2D eigenvalue weighted by Crippen LogP contribution is 2.26. The molecule has 0 aliphatic carbocycles. The van der Waals surface area contributed by atoms with Crippen LogP contribution in [0.25, 0.3) is 0 Å². The Morgan fingerprint density at radius 3 is 2.96 bits per heavy atom. The molecule has 7 nitrogen and oxygen atoms in total. The van der Waals surface area contributed by atoms with E-state index in [1.54, 1.807) is 18.4 Å². The summed E-state index contributed by atoms with van der Waals surface area (Å²) in [5, 5.41) is 4.37. The molecule has 2 aromatic rings. The van der Waals surface area contributed by atoms with Crippen LogP contribution in [0.4, 0.5) is 4.79 Å². The molecule has 138 valence electrons. The summed E-state index contributed by atoms with van der Waals surface area (Å²) in [7, 11) is 2.03. The zero-order valence-electron chi connectivity index (χ0n) is 14.5. The highest BCUT2D eigenvalue weighted by Gasteiger charge is 2.23. The Morgan fingerprint density at radius 1 is 1.38 bits per heavy atom. The minimum Gasteiger partial charge on any atom is -0.450 e. The van der Waals surface area contributed by atoms with Gasteiger partial charge in [0.1, 0.15) is 0 Å². The van der Waals surface area contributed by atoms with Crippen molar-refractivity contribution in [2.24, 2.45) is 0 Å².